The lowest BCUT2D eigenvalue weighted by molar-refractivity contribution is 0.0900. The molecule has 1 nitrogen and oxygen atoms in total. The van der Waals surface area contributed by atoms with Crippen molar-refractivity contribution in [3.05, 3.63) is 0 Å². The van der Waals surface area contributed by atoms with Gasteiger partial charge in [0.1, 0.15) is 0 Å². The fourth-order valence-corrected chi connectivity index (χ4v) is 4.98. The van der Waals surface area contributed by atoms with Crippen LogP contribution < -0.4 is 5.32 Å². The number of rotatable bonds is 1. The molecule has 4 bridgehead atoms. The minimum absolute atomic E-state index is 0.414. The van der Waals surface area contributed by atoms with Crippen molar-refractivity contribution in [1.29, 1.82) is 0 Å². The van der Waals surface area contributed by atoms with Crippen molar-refractivity contribution in [3.8, 4) is 0 Å². The molecule has 2 atom stereocenters. The molecule has 4 aliphatic carbocycles. The molecule has 4 aliphatic rings. The Morgan fingerprint density at radius 2 is 1.60 bits per heavy atom. The first-order valence-corrected chi connectivity index (χ1v) is 6.85. The lowest BCUT2D eigenvalue weighted by atomic mass is 9.58. The van der Waals surface area contributed by atoms with Gasteiger partial charge < -0.3 is 5.32 Å². The zero-order valence-electron chi connectivity index (χ0n) is 9.59. The normalized spacial score (nSPS) is 47.7. The molecule has 1 N–H and O–H groups in total. The van der Waals surface area contributed by atoms with Crippen LogP contribution >= 0.6 is 12.2 Å². The highest BCUT2D eigenvalue weighted by molar-refractivity contribution is 7.80. The summed E-state index contributed by atoms with van der Waals surface area (Å²) in [5, 5.41) is 3.28. The van der Waals surface area contributed by atoms with E-state index >= 15 is 0 Å². The smallest absolute Gasteiger partial charge is 0.0813 e. The van der Waals surface area contributed by atoms with Crippen LogP contribution in [0.4, 0.5) is 0 Å². The van der Waals surface area contributed by atoms with Gasteiger partial charge in [-0.2, -0.15) is 0 Å². The zero-order chi connectivity index (χ0) is 10.5. The summed E-state index contributed by atoms with van der Waals surface area (Å²) in [4.78, 5) is 1.17. The second-order valence-electron chi connectivity index (χ2n) is 6.12. The summed E-state index contributed by atoms with van der Waals surface area (Å²) in [6, 6.07) is 0. The van der Waals surface area contributed by atoms with Crippen LogP contribution in [0.5, 0.6) is 0 Å². The SMILES string of the molecule is CNC(=S)C12CC3CCC(CC(C3)C1)C2. The van der Waals surface area contributed by atoms with E-state index in [0.717, 1.165) is 17.8 Å². The Labute approximate surface area is 98.0 Å². The van der Waals surface area contributed by atoms with E-state index in [1.807, 2.05) is 7.05 Å². The van der Waals surface area contributed by atoms with Crippen molar-refractivity contribution >= 4 is 17.2 Å². The third kappa shape index (κ3) is 1.52. The third-order valence-corrected chi connectivity index (χ3v) is 5.70. The molecule has 2 unspecified atom stereocenters. The van der Waals surface area contributed by atoms with E-state index in [2.05, 4.69) is 5.32 Å². The fourth-order valence-electron chi connectivity index (χ4n) is 4.73. The zero-order valence-corrected chi connectivity index (χ0v) is 10.4. The van der Waals surface area contributed by atoms with Crippen molar-refractivity contribution in [2.75, 3.05) is 7.05 Å². The number of nitrogens with one attached hydrogen (secondary N) is 1. The molecule has 0 spiro atoms. The van der Waals surface area contributed by atoms with Crippen LogP contribution in [0.15, 0.2) is 0 Å². The van der Waals surface area contributed by atoms with Crippen LogP contribution in [0, 0.1) is 23.2 Å². The average molecular weight is 223 g/mol. The van der Waals surface area contributed by atoms with Crippen molar-refractivity contribution < 1.29 is 0 Å². The van der Waals surface area contributed by atoms with E-state index < -0.39 is 0 Å². The quantitative estimate of drug-likeness (QED) is 0.685. The summed E-state index contributed by atoms with van der Waals surface area (Å²) in [5.41, 5.74) is 0.414. The second kappa shape index (κ2) is 3.44. The molecule has 4 saturated carbocycles. The minimum Gasteiger partial charge on any atom is -0.382 e. The lowest BCUT2D eigenvalue weighted by Crippen LogP contribution is -2.46. The maximum Gasteiger partial charge on any atom is 0.0813 e. The Hall–Kier alpha value is -0.110. The highest BCUT2D eigenvalue weighted by atomic mass is 32.1. The maximum atomic E-state index is 5.60. The molecule has 0 aromatic rings. The van der Waals surface area contributed by atoms with E-state index in [1.165, 1.54) is 49.9 Å². The second-order valence-corrected chi connectivity index (χ2v) is 6.53. The molecular formula is C13H21NS. The predicted octanol–water partition coefficient (Wildman–Crippen LogP) is 3.14. The van der Waals surface area contributed by atoms with Gasteiger partial charge in [-0.3, -0.25) is 0 Å². The first-order valence-electron chi connectivity index (χ1n) is 6.44. The van der Waals surface area contributed by atoms with Crippen molar-refractivity contribution in [1.82, 2.24) is 5.32 Å². The summed E-state index contributed by atoms with van der Waals surface area (Å²) in [5.74, 6) is 2.97. The van der Waals surface area contributed by atoms with Crippen LogP contribution in [-0.4, -0.2) is 12.0 Å². The number of thiocarbonyl (C=S) groups is 1. The molecule has 84 valence electrons. The highest BCUT2D eigenvalue weighted by Gasteiger charge is 2.50. The van der Waals surface area contributed by atoms with Crippen molar-refractivity contribution in [3.63, 3.8) is 0 Å². The summed E-state index contributed by atoms with van der Waals surface area (Å²) in [6.07, 6.45) is 10.1. The van der Waals surface area contributed by atoms with E-state index in [-0.39, 0.29) is 0 Å². The molecule has 15 heavy (non-hydrogen) atoms. The van der Waals surface area contributed by atoms with Gasteiger partial charge in [0.15, 0.2) is 0 Å². The van der Waals surface area contributed by atoms with Gasteiger partial charge in [-0.05, 0) is 49.9 Å². The molecule has 0 aromatic carbocycles. The standard InChI is InChI=1S/C13H21NS/c1-14-12(15)13-6-9-2-3-10(7-13)5-11(4-9)8-13/h9-11H,2-8H2,1H3,(H,14,15). The molecule has 0 heterocycles. The van der Waals surface area contributed by atoms with Gasteiger partial charge in [0, 0.05) is 12.5 Å². The van der Waals surface area contributed by atoms with Crippen LogP contribution in [-0.2, 0) is 0 Å². The van der Waals surface area contributed by atoms with Crippen LogP contribution in [0.25, 0.3) is 0 Å². The number of fused-ring (bicyclic) bond motifs is 1. The summed E-state index contributed by atoms with van der Waals surface area (Å²) >= 11 is 5.60. The molecule has 2 heteroatoms. The fraction of sp³-hybridized carbons (Fsp3) is 0.923. The highest BCUT2D eigenvalue weighted by Crippen LogP contribution is 2.57. The van der Waals surface area contributed by atoms with E-state index in [1.54, 1.807) is 0 Å². The van der Waals surface area contributed by atoms with Crippen LogP contribution in [0.1, 0.15) is 44.9 Å². The molecule has 4 rings (SSSR count). The average Bonchev–Trinajstić information content (AvgIpc) is 2.44. The minimum atomic E-state index is 0.414. The predicted molar refractivity (Wildman–Crippen MR) is 66.9 cm³/mol. The molecular weight excluding hydrogens is 202 g/mol. The van der Waals surface area contributed by atoms with Gasteiger partial charge in [0.25, 0.3) is 0 Å². The number of hydrogen-bond acceptors (Lipinski definition) is 1. The Morgan fingerprint density at radius 3 is 2.13 bits per heavy atom. The Morgan fingerprint density at radius 1 is 1.07 bits per heavy atom. The molecule has 4 fully saturated rings. The van der Waals surface area contributed by atoms with E-state index in [4.69, 9.17) is 12.2 Å². The van der Waals surface area contributed by atoms with Gasteiger partial charge in [-0.1, -0.05) is 25.1 Å². The summed E-state index contributed by atoms with van der Waals surface area (Å²) in [7, 11) is 2.01. The monoisotopic (exact) mass is 223 g/mol. The van der Waals surface area contributed by atoms with Gasteiger partial charge in [-0.15, -0.1) is 0 Å². The Balaban J connectivity index is 1.93. The molecule has 0 aliphatic heterocycles. The summed E-state index contributed by atoms with van der Waals surface area (Å²) in [6.45, 7) is 0. The Bertz CT molecular complexity index is 270. The lowest BCUT2D eigenvalue weighted by Gasteiger charge is -2.48. The molecule has 0 amide bonds. The van der Waals surface area contributed by atoms with Crippen molar-refractivity contribution in [2.24, 2.45) is 23.2 Å². The Kier molecular flexibility index (Phi) is 2.31. The first-order chi connectivity index (χ1) is 7.22. The summed E-state index contributed by atoms with van der Waals surface area (Å²) < 4.78 is 0. The largest absolute Gasteiger partial charge is 0.382 e. The van der Waals surface area contributed by atoms with Crippen LogP contribution in [0.3, 0.4) is 0 Å². The van der Waals surface area contributed by atoms with Gasteiger partial charge >= 0.3 is 0 Å². The van der Waals surface area contributed by atoms with Gasteiger partial charge in [0.2, 0.25) is 0 Å². The molecule has 0 saturated heterocycles. The molecule has 0 radical (unpaired) electrons. The first kappa shape index (κ1) is 10.1. The van der Waals surface area contributed by atoms with Gasteiger partial charge in [0.05, 0.1) is 4.99 Å². The topological polar surface area (TPSA) is 12.0 Å². The van der Waals surface area contributed by atoms with Gasteiger partial charge in [-0.25, -0.2) is 0 Å². The van der Waals surface area contributed by atoms with E-state index in [0.29, 0.717) is 5.41 Å². The van der Waals surface area contributed by atoms with E-state index in [9.17, 15) is 0 Å². The third-order valence-electron chi connectivity index (χ3n) is 5.06. The van der Waals surface area contributed by atoms with Crippen LogP contribution in [0.2, 0.25) is 0 Å². The maximum absolute atomic E-state index is 5.60. The van der Waals surface area contributed by atoms with Crippen molar-refractivity contribution in [2.45, 2.75) is 44.9 Å². The number of hydrogen-bond donors (Lipinski definition) is 1. The molecule has 0 aromatic heterocycles.